The molecule has 0 bridgehead atoms. The van der Waals surface area contributed by atoms with Gasteiger partial charge in [0.25, 0.3) is 5.91 Å². The number of esters is 1. The van der Waals surface area contributed by atoms with Gasteiger partial charge >= 0.3 is 5.97 Å². The second-order valence-electron chi connectivity index (χ2n) is 7.18. The van der Waals surface area contributed by atoms with Crippen LogP contribution in [-0.2, 0) is 4.74 Å². The number of aromatic nitrogens is 1. The molecule has 1 atom stereocenters. The number of benzene rings is 2. The molecule has 0 saturated heterocycles. The Morgan fingerprint density at radius 1 is 1.16 bits per heavy atom. The molecule has 7 nitrogen and oxygen atoms in total. The van der Waals surface area contributed by atoms with Gasteiger partial charge in [-0.15, -0.1) is 11.3 Å². The van der Waals surface area contributed by atoms with Gasteiger partial charge in [0.2, 0.25) is 5.76 Å². The van der Waals surface area contributed by atoms with E-state index in [0.29, 0.717) is 27.2 Å². The van der Waals surface area contributed by atoms with Crippen molar-refractivity contribution in [2.75, 3.05) is 12.0 Å². The topological polar surface area (TPSA) is 89.7 Å². The van der Waals surface area contributed by atoms with E-state index in [4.69, 9.17) is 9.15 Å². The molecule has 2 aromatic carbocycles. The van der Waals surface area contributed by atoms with Gasteiger partial charge in [-0.25, -0.2) is 9.78 Å². The molecule has 0 aliphatic carbocycles. The lowest BCUT2D eigenvalue weighted by molar-refractivity contribution is 0.0600. The average Bonchev–Trinajstić information content (AvgIpc) is 3.40. The van der Waals surface area contributed by atoms with Crippen molar-refractivity contribution in [3.8, 4) is 0 Å². The summed E-state index contributed by atoms with van der Waals surface area (Å²) >= 11 is 1.29. The van der Waals surface area contributed by atoms with Gasteiger partial charge in [-0.2, -0.15) is 0 Å². The molecule has 1 aliphatic heterocycles. The number of anilines is 1. The molecule has 1 aliphatic rings. The standard InChI is InChI=1S/C23H16N2O5S/c1-12-3-8-16-15(11-12)19(26)17-18(13-4-6-14(7-5-13)22(28)29-2)25(21(27)20(17)30-16)23-24-9-10-31-23/h3-11,18H,1-2H3/t18-/m0/s1. The summed E-state index contributed by atoms with van der Waals surface area (Å²) in [5, 5.41) is 2.64. The summed E-state index contributed by atoms with van der Waals surface area (Å²) in [6.45, 7) is 1.89. The highest BCUT2D eigenvalue weighted by atomic mass is 32.1. The van der Waals surface area contributed by atoms with E-state index in [2.05, 4.69) is 4.98 Å². The summed E-state index contributed by atoms with van der Waals surface area (Å²) in [6, 6.07) is 11.2. The minimum absolute atomic E-state index is 0.0126. The number of aryl methyl sites for hydroxylation is 1. The first-order chi connectivity index (χ1) is 15.0. The van der Waals surface area contributed by atoms with Crippen LogP contribution in [0.3, 0.4) is 0 Å². The quantitative estimate of drug-likeness (QED) is 0.453. The van der Waals surface area contributed by atoms with E-state index >= 15 is 0 Å². The average molecular weight is 432 g/mol. The zero-order chi connectivity index (χ0) is 21.7. The molecular weight excluding hydrogens is 416 g/mol. The van der Waals surface area contributed by atoms with E-state index in [1.165, 1.54) is 23.3 Å². The van der Waals surface area contributed by atoms with E-state index < -0.39 is 17.9 Å². The Bertz CT molecular complexity index is 1390. The highest BCUT2D eigenvalue weighted by Gasteiger charge is 2.44. The fraction of sp³-hybridized carbons (Fsp3) is 0.130. The molecule has 0 radical (unpaired) electrons. The van der Waals surface area contributed by atoms with E-state index in [-0.39, 0.29) is 16.8 Å². The van der Waals surface area contributed by atoms with Gasteiger partial charge in [-0.05, 0) is 36.8 Å². The molecule has 0 saturated carbocycles. The summed E-state index contributed by atoms with van der Waals surface area (Å²) < 4.78 is 10.7. The van der Waals surface area contributed by atoms with Crippen LogP contribution < -0.4 is 10.3 Å². The molecule has 5 rings (SSSR count). The van der Waals surface area contributed by atoms with Crippen LogP contribution in [0.5, 0.6) is 0 Å². The van der Waals surface area contributed by atoms with Crippen molar-refractivity contribution in [1.29, 1.82) is 0 Å². The van der Waals surface area contributed by atoms with Gasteiger partial charge in [-0.3, -0.25) is 14.5 Å². The van der Waals surface area contributed by atoms with Gasteiger partial charge in [0.15, 0.2) is 10.6 Å². The van der Waals surface area contributed by atoms with Crippen LogP contribution in [0, 0.1) is 6.92 Å². The molecule has 0 unspecified atom stereocenters. The number of carbonyl (C=O) groups is 2. The monoisotopic (exact) mass is 432 g/mol. The summed E-state index contributed by atoms with van der Waals surface area (Å²) in [7, 11) is 1.31. The molecule has 8 heteroatoms. The first-order valence-electron chi connectivity index (χ1n) is 9.48. The first kappa shape index (κ1) is 19.2. The van der Waals surface area contributed by atoms with Crippen LogP contribution in [0.15, 0.2) is 63.3 Å². The van der Waals surface area contributed by atoms with Crippen molar-refractivity contribution in [3.05, 3.63) is 92.3 Å². The Hall–Kier alpha value is -3.78. The number of carbonyl (C=O) groups excluding carboxylic acids is 2. The van der Waals surface area contributed by atoms with Crippen molar-refractivity contribution in [3.63, 3.8) is 0 Å². The van der Waals surface area contributed by atoms with Crippen molar-refractivity contribution >= 4 is 39.3 Å². The lowest BCUT2D eigenvalue weighted by atomic mass is 9.97. The Morgan fingerprint density at radius 3 is 2.61 bits per heavy atom. The normalized spacial score (nSPS) is 15.4. The van der Waals surface area contributed by atoms with Crippen molar-refractivity contribution in [2.45, 2.75) is 13.0 Å². The molecule has 0 fully saturated rings. The van der Waals surface area contributed by atoms with Crippen molar-refractivity contribution in [2.24, 2.45) is 0 Å². The molecule has 2 aromatic heterocycles. The minimum atomic E-state index is -0.721. The molecule has 154 valence electrons. The summed E-state index contributed by atoms with van der Waals surface area (Å²) in [6.07, 6.45) is 1.60. The zero-order valence-electron chi connectivity index (χ0n) is 16.6. The third-order valence-corrected chi connectivity index (χ3v) is 6.07. The van der Waals surface area contributed by atoms with Crippen LogP contribution in [0.25, 0.3) is 11.0 Å². The maximum atomic E-state index is 13.5. The Morgan fingerprint density at radius 2 is 1.94 bits per heavy atom. The highest BCUT2D eigenvalue weighted by Crippen LogP contribution is 2.41. The van der Waals surface area contributed by atoms with Crippen molar-refractivity contribution < 1.29 is 18.7 Å². The fourth-order valence-corrected chi connectivity index (χ4v) is 4.52. The smallest absolute Gasteiger partial charge is 0.337 e. The van der Waals surface area contributed by atoms with Crippen LogP contribution >= 0.6 is 11.3 Å². The van der Waals surface area contributed by atoms with Crippen molar-refractivity contribution in [1.82, 2.24) is 4.98 Å². The van der Waals surface area contributed by atoms with E-state index in [1.54, 1.807) is 48.0 Å². The molecule has 3 heterocycles. The van der Waals surface area contributed by atoms with E-state index in [1.807, 2.05) is 13.0 Å². The van der Waals surface area contributed by atoms with E-state index in [9.17, 15) is 14.4 Å². The van der Waals surface area contributed by atoms with Gasteiger partial charge in [0.1, 0.15) is 5.58 Å². The predicted octanol–water partition coefficient (Wildman–Crippen LogP) is 4.09. The maximum absolute atomic E-state index is 13.5. The second-order valence-corrected chi connectivity index (χ2v) is 8.05. The lowest BCUT2D eigenvalue weighted by Gasteiger charge is -2.22. The van der Waals surface area contributed by atoms with Crippen LogP contribution in [-0.4, -0.2) is 24.0 Å². The number of rotatable bonds is 3. The van der Waals surface area contributed by atoms with Crippen LogP contribution in [0.1, 0.15) is 43.6 Å². The van der Waals surface area contributed by atoms with Gasteiger partial charge in [-0.1, -0.05) is 23.8 Å². The highest BCUT2D eigenvalue weighted by molar-refractivity contribution is 7.13. The number of hydrogen-bond donors (Lipinski definition) is 0. The number of ether oxygens (including phenoxy) is 1. The number of fused-ring (bicyclic) bond motifs is 2. The summed E-state index contributed by atoms with van der Waals surface area (Å²) in [5.74, 6) is -0.877. The van der Waals surface area contributed by atoms with Crippen LogP contribution in [0.4, 0.5) is 5.13 Å². The Kier molecular flexibility index (Phi) is 4.44. The Labute approximate surface area is 180 Å². The fourth-order valence-electron chi connectivity index (χ4n) is 3.85. The summed E-state index contributed by atoms with van der Waals surface area (Å²) in [5.41, 5.74) is 2.33. The molecule has 4 aromatic rings. The number of methoxy groups -OCH3 is 1. The number of hydrogen-bond acceptors (Lipinski definition) is 7. The molecule has 0 N–H and O–H groups in total. The molecule has 1 amide bonds. The maximum Gasteiger partial charge on any atom is 0.337 e. The molecular formula is C23H16N2O5S. The van der Waals surface area contributed by atoms with Gasteiger partial charge < -0.3 is 9.15 Å². The number of thiazole rings is 1. The van der Waals surface area contributed by atoms with Crippen LogP contribution in [0.2, 0.25) is 0 Å². The predicted molar refractivity (Wildman–Crippen MR) is 116 cm³/mol. The zero-order valence-corrected chi connectivity index (χ0v) is 17.4. The largest absolute Gasteiger partial charge is 0.465 e. The molecule has 0 spiro atoms. The summed E-state index contributed by atoms with van der Waals surface area (Å²) in [4.78, 5) is 44.4. The first-order valence-corrected chi connectivity index (χ1v) is 10.4. The van der Waals surface area contributed by atoms with Gasteiger partial charge in [0.05, 0.1) is 29.7 Å². The molecule has 31 heavy (non-hydrogen) atoms. The number of nitrogens with zero attached hydrogens (tertiary/aromatic N) is 2. The second kappa shape index (κ2) is 7.17. The number of amides is 1. The SMILES string of the molecule is COC(=O)c1ccc([C@H]2c3c(oc4ccc(C)cc4c3=O)C(=O)N2c2nccs2)cc1. The van der Waals surface area contributed by atoms with Gasteiger partial charge in [0, 0.05) is 11.6 Å². The minimum Gasteiger partial charge on any atom is -0.465 e. The Balaban J connectivity index is 1.76. The third kappa shape index (κ3) is 2.95. The lowest BCUT2D eigenvalue weighted by Crippen LogP contribution is -2.29. The van der Waals surface area contributed by atoms with E-state index in [0.717, 1.165) is 5.56 Å². The third-order valence-electron chi connectivity index (χ3n) is 5.30.